The zero-order chi connectivity index (χ0) is 16.2. The van der Waals surface area contributed by atoms with Gasteiger partial charge in [-0.15, -0.1) is 0 Å². The number of benzene rings is 1. The van der Waals surface area contributed by atoms with Crippen molar-refractivity contribution >= 4 is 17.3 Å². The maximum Gasteiger partial charge on any atom is 0.389 e. The molecule has 21 heavy (non-hydrogen) atoms. The zero-order valence-electron chi connectivity index (χ0n) is 10.5. The normalized spacial score (nSPS) is 11.2. The molecule has 0 saturated carbocycles. The minimum Gasteiger partial charge on any atom is -0.393 e. The minimum absolute atomic E-state index is 0.317. The molecule has 10 heteroatoms. The molecule has 1 rings (SSSR count). The van der Waals surface area contributed by atoms with Gasteiger partial charge in [0.2, 0.25) is 0 Å². The molecule has 116 valence electrons. The number of carbonyl (C=O) groups excluding carboxylic acids is 1. The van der Waals surface area contributed by atoms with Crippen LogP contribution in [0.2, 0.25) is 0 Å². The van der Waals surface area contributed by atoms with Crippen LogP contribution in [0.1, 0.15) is 23.2 Å². The van der Waals surface area contributed by atoms with Crippen molar-refractivity contribution in [3.8, 4) is 0 Å². The van der Waals surface area contributed by atoms with Gasteiger partial charge in [0, 0.05) is 13.0 Å². The van der Waals surface area contributed by atoms with E-state index in [1.165, 1.54) is 0 Å². The van der Waals surface area contributed by atoms with Crippen molar-refractivity contribution < 1.29 is 27.3 Å². The summed E-state index contributed by atoms with van der Waals surface area (Å²) in [6, 6.07) is 1.23. The average molecular weight is 309 g/mol. The van der Waals surface area contributed by atoms with Gasteiger partial charge in [0.05, 0.1) is 16.6 Å². The number of nitro groups is 1. The molecule has 0 spiro atoms. The monoisotopic (exact) mass is 309 g/mol. The smallest absolute Gasteiger partial charge is 0.389 e. The second-order valence-electron chi connectivity index (χ2n) is 4.12. The number of halogens is 4. The molecule has 0 saturated heterocycles. The first kappa shape index (κ1) is 16.7. The topological polar surface area (TPSA) is 98.3 Å². The van der Waals surface area contributed by atoms with Crippen LogP contribution >= 0.6 is 0 Å². The minimum atomic E-state index is -4.35. The summed E-state index contributed by atoms with van der Waals surface area (Å²) in [5, 5.41) is 12.7. The summed E-state index contributed by atoms with van der Waals surface area (Å²) in [4.78, 5) is 21.3. The Morgan fingerprint density at radius 2 is 2.00 bits per heavy atom. The largest absolute Gasteiger partial charge is 0.393 e. The van der Waals surface area contributed by atoms with Crippen LogP contribution in [0.4, 0.5) is 28.9 Å². The van der Waals surface area contributed by atoms with Gasteiger partial charge >= 0.3 is 6.18 Å². The summed E-state index contributed by atoms with van der Waals surface area (Å²) < 4.78 is 48.9. The van der Waals surface area contributed by atoms with Gasteiger partial charge < -0.3 is 11.1 Å². The number of nitro benzene ring substituents is 1. The Bertz CT molecular complexity index is 560. The number of anilines is 1. The number of alkyl halides is 3. The van der Waals surface area contributed by atoms with Crippen LogP contribution in [-0.4, -0.2) is 23.6 Å². The molecule has 0 bridgehead atoms. The molecule has 0 aromatic heterocycles. The highest BCUT2D eigenvalue weighted by Crippen LogP contribution is 2.26. The van der Waals surface area contributed by atoms with E-state index in [2.05, 4.69) is 5.32 Å². The van der Waals surface area contributed by atoms with E-state index in [1.54, 1.807) is 0 Å². The van der Waals surface area contributed by atoms with E-state index < -0.39 is 46.2 Å². The fourth-order valence-corrected chi connectivity index (χ4v) is 1.53. The third kappa shape index (κ3) is 4.89. The summed E-state index contributed by atoms with van der Waals surface area (Å²) in [6.45, 7) is -0.317. The lowest BCUT2D eigenvalue weighted by atomic mass is 10.1. The first-order valence-electron chi connectivity index (χ1n) is 5.70. The lowest BCUT2D eigenvalue weighted by molar-refractivity contribution is -0.384. The van der Waals surface area contributed by atoms with Crippen LogP contribution in [0.5, 0.6) is 0 Å². The highest BCUT2D eigenvalue weighted by atomic mass is 19.4. The van der Waals surface area contributed by atoms with Gasteiger partial charge in [-0.2, -0.15) is 13.2 Å². The van der Waals surface area contributed by atoms with Crippen LogP contribution in [0.3, 0.4) is 0 Å². The van der Waals surface area contributed by atoms with Crippen LogP contribution < -0.4 is 11.1 Å². The number of nitrogens with two attached hydrogens (primary N) is 1. The number of carbonyl (C=O) groups is 1. The summed E-state index contributed by atoms with van der Waals surface area (Å²) >= 11 is 0. The highest BCUT2D eigenvalue weighted by Gasteiger charge is 2.26. The van der Waals surface area contributed by atoms with Gasteiger partial charge in [-0.05, 0) is 12.5 Å². The van der Waals surface area contributed by atoms with Crippen LogP contribution in [0.25, 0.3) is 0 Å². The number of hydrogen-bond donors (Lipinski definition) is 2. The molecule has 6 nitrogen and oxygen atoms in total. The fraction of sp³-hybridized carbons (Fsp3) is 0.364. The van der Waals surface area contributed by atoms with Crippen molar-refractivity contribution in [3.63, 3.8) is 0 Å². The molecule has 1 aromatic carbocycles. The molecule has 0 aliphatic carbocycles. The van der Waals surface area contributed by atoms with E-state index in [1.807, 2.05) is 0 Å². The van der Waals surface area contributed by atoms with E-state index in [-0.39, 0.29) is 13.0 Å². The Labute approximate surface area is 116 Å². The molecule has 0 aliphatic heterocycles. The molecule has 3 N–H and O–H groups in total. The van der Waals surface area contributed by atoms with Gasteiger partial charge in [-0.25, -0.2) is 4.39 Å². The number of hydrogen-bond acceptors (Lipinski definition) is 4. The van der Waals surface area contributed by atoms with Crippen molar-refractivity contribution in [3.05, 3.63) is 33.6 Å². The van der Waals surface area contributed by atoms with Gasteiger partial charge in [-0.3, -0.25) is 14.9 Å². The molecular weight excluding hydrogens is 298 g/mol. The standard InChI is InChI=1S/C11H11F4N3O3/c12-6-4-7(9(16)8(5-6)18(20)21)10(19)17-3-1-2-11(13,14)15/h4-5H,1-3,16H2,(H,17,19). The first-order chi connectivity index (χ1) is 9.61. The summed E-state index contributed by atoms with van der Waals surface area (Å²) in [6.07, 6.45) is -5.81. The average Bonchev–Trinajstić information content (AvgIpc) is 2.35. The Balaban J connectivity index is 2.77. The molecule has 0 unspecified atom stereocenters. The van der Waals surface area contributed by atoms with Gasteiger partial charge in [-0.1, -0.05) is 0 Å². The zero-order valence-corrected chi connectivity index (χ0v) is 10.5. The number of nitrogen functional groups attached to an aromatic ring is 1. The Kier molecular flexibility index (Phi) is 5.06. The Hall–Kier alpha value is -2.39. The van der Waals surface area contributed by atoms with Gasteiger partial charge in [0.25, 0.3) is 11.6 Å². The van der Waals surface area contributed by atoms with Crippen LogP contribution in [-0.2, 0) is 0 Å². The third-order valence-corrected chi connectivity index (χ3v) is 2.49. The summed E-state index contributed by atoms with van der Waals surface area (Å²) in [7, 11) is 0. The first-order valence-corrected chi connectivity index (χ1v) is 5.70. The number of amides is 1. The highest BCUT2D eigenvalue weighted by molar-refractivity contribution is 6.01. The predicted molar refractivity (Wildman–Crippen MR) is 65.1 cm³/mol. The second kappa shape index (κ2) is 6.37. The molecule has 0 fully saturated rings. The van der Waals surface area contributed by atoms with Crippen molar-refractivity contribution in [2.24, 2.45) is 0 Å². The fourth-order valence-electron chi connectivity index (χ4n) is 1.53. The third-order valence-electron chi connectivity index (χ3n) is 2.49. The number of rotatable bonds is 5. The van der Waals surface area contributed by atoms with E-state index in [0.29, 0.717) is 12.1 Å². The van der Waals surface area contributed by atoms with E-state index in [9.17, 15) is 32.5 Å². The van der Waals surface area contributed by atoms with Crippen molar-refractivity contribution in [1.29, 1.82) is 0 Å². The van der Waals surface area contributed by atoms with Crippen molar-refractivity contribution in [1.82, 2.24) is 5.32 Å². The molecule has 1 aromatic rings. The Morgan fingerprint density at radius 1 is 1.38 bits per heavy atom. The maximum absolute atomic E-state index is 13.2. The van der Waals surface area contributed by atoms with Gasteiger partial charge in [0.1, 0.15) is 11.5 Å². The van der Waals surface area contributed by atoms with Crippen molar-refractivity contribution in [2.75, 3.05) is 12.3 Å². The molecular formula is C11H11F4N3O3. The van der Waals surface area contributed by atoms with Crippen LogP contribution in [0.15, 0.2) is 12.1 Å². The molecule has 0 aliphatic rings. The lowest BCUT2D eigenvalue weighted by Gasteiger charge is -2.09. The summed E-state index contributed by atoms with van der Waals surface area (Å²) in [5.74, 6) is -2.02. The maximum atomic E-state index is 13.2. The summed E-state index contributed by atoms with van der Waals surface area (Å²) in [5.41, 5.74) is 3.56. The molecule has 0 heterocycles. The molecule has 0 atom stereocenters. The number of nitrogens with zero attached hydrogens (tertiary/aromatic N) is 1. The quantitative estimate of drug-likeness (QED) is 0.287. The SMILES string of the molecule is Nc1c(C(=O)NCCCC(F)(F)F)cc(F)cc1[N+](=O)[O-]. The van der Waals surface area contributed by atoms with E-state index in [4.69, 9.17) is 5.73 Å². The predicted octanol–water partition coefficient (Wildman–Crippen LogP) is 2.39. The molecule has 1 amide bonds. The molecule has 0 radical (unpaired) electrons. The lowest BCUT2D eigenvalue weighted by Crippen LogP contribution is -2.26. The number of nitrogens with one attached hydrogen (secondary N) is 1. The van der Waals surface area contributed by atoms with E-state index >= 15 is 0 Å². The van der Waals surface area contributed by atoms with Gasteiger partial charge in [0.15, 0.2) is 0 Å². The van der Waals surface area contributed by atoms with Crippen molar-refractivity contribution in [2.45, 2.75) is 19.0 Å². The Morgan fingerprint density at radius 3 is 2.52 bits per heavy atom. The van der Waals surface area contributed by atoms with Crippen LogP contribution in [0, 0.1) is 15.9 Å². The second-order valence-corrected chi connectivity index (χ2v) is 4.12. The van der Waals surface area contributed by atoms with E-state index in [0.717, 1.165) is 0 Å².